The van der Waals surface area contributed by atoms with Crippen molar-refractivity contribution in [3.8, 4) is 17.0 Å². The Hall–Kier alpha value is -2.73. The maximum atomic E-state index is 12.8. The van der Waals surface area contributed by atoms with Crippen molar-refractivity contribution in [2.45, 2.75) is 38.6 Å². The average Bonchev–Trinajstić information content (AvgIpc) is 3.28. The summed E-state index contributed by atoms with van der Waals surface area (Å²) in [5.41, 5.74) is 4.72. The third kappa shape index (κ3) is 3.64. The van der Waals surface area contributed by atoms with E-state index in [1.165, 1.54) is 0 Å². The molecule has 0 spiro atoms. The van der Waals surface area contributed by atoms with Gasteiger partial charge in [0.25, 0.3) is 5.91 Å². The number of imidazole rings is 1. The second-order valence-corrected chi connectivity index (χ2v) is 8.01. The van der Waals surface area contributed by atoms with Gasteiger partial charge in [0.1, 0.15) is 5.75 Å². The molecule has 3 aromatic rings. The van der Waals surface area contributed by atoms with Gasteiger partial charge in [-0.05, 0) is 44.0 Å². The fourth-order valence-electron chi connectivity index (χ4n) is 3.19. The Labute approximate surface area is 169 Å². The van der Waals surface area contributed by atoms with Crippen molar-refractivity contribution in [1.82, 2.24) is 9.55 Å². The van der Waals surface area contributed by atoms with E-state index in [0.29, 0.717) is 0 Å². The number of carbonyl (C=O) groups excluding carboxylic acids is 1. The molecule has 144 valence electrons. The minimum Gasteiger partial charge on any atom is -0.481 e. The van der Waals surface area contributed by atoms with Gasteiger partial charge in [-0.1, -0.05) is 42.1 Å². The molecule has 1 aliphatic heterocycles. The summed E-state index contributed by atoms with van der Waals surface area (Å²) >= 11 is 1.76. The maximum Gasteiger partial charge on any atom is 0.265 e. The fraction of sp³-hybridized carbons (Fsp3) is 0.273. The number of carbonyl (C=O) groups is 1. The number of aryl methyl sites for hydroxylation is 2. The summed E-state index contributed by atoms with van der Waals surface area (Å²) in [6.45, 7) is 6.77. The summed E-state index contributed by atoms with van der Waals surface area (Å²) < 4.78 is 8.08. The van der Waals surface area contributed by atoms with E-state index >= 15 is 0 Å². The number of hydrogen-bond donors (Lipinski definition) is 1. The lowest BCUT2D eigenvalue weighted by molar-refractivity contribution is -0.122. The molecule has 0 saturated heterocycles. The lowest BCUT2D eigenvalue weighted by atomic mass is 10.1. The largest absolute Gasteiger partial charge is 0.481 e. The lowest BCUT2D eigenvalue weighted by Crippen LogP contribution is -2.30. The van der Waals surface area contributed by atoms with Gasteiger partial charge in [-0.3, -0.25) is 4.79 Å². The van der Waals surface area contributed by atoms with Crippen LogP contribution in [0.1, 0.15) is 18.1 Å². The van der Waals surface area contributed by atoms with E-state index < -0.39 is 6.10 Å². The Bertz CT molecular complexity index is 1010. The van der Waals surface area contributed by atoms with Crippen LogP contribution in [-0.4, -0.2) is 27.3 Å². The number of ether oxygens (including phenoxy) is 1. The molecule has 1 N–H and O–H groups in total. The van der Waals surface area contributed by atoms with Crippen LogP contribution in [0.5, 0.6) is 5.75 Å². The number of amides is 1. The van der Waals surface area contributed by atoms with Crippen LogP contribution in [0, 0.1) is 13.8 Å². The van der Waals surface area contributed by atoms with E-state index in [4.69, 9.17) is 9.72 Å². The number of rotatable bonds is 5. The normalized spacial score (nSPS) is 13.8. The Kier molecular flexibility index (Phi) is 5.13. The van der Waals surface area contributed by atoms with Crippen molar-refractivity contribution < 1.29 is 9.53 Å². The highest BCUT2D eigenvalue weighted by Crippen LogP contribution is 2.32. The third-order valence-corrected chi connectivity index (χ3v) is 5.96. The number of hydrogen-bond acceptors (Lipinski definition) is 4. The first-order valence-electron chi connectivity index (χ1n) is 9.36. The molecule has 28 heavy (non-hydrogen) atoms. The van der Waals surface area contributed by atoms with Crippen LogP contribution in [0.15, 0.2) is 53.8 Å². The number of aromatic nitrogens is 2. The van der Waals surface area contributed by atoms with E-state index in [1.807, 2.05) is 56.3 Å². The minimum atomic E-state index is -0.615. The Morgan fingerprint density at radius 2 is 2.04 bits per heavy atom. The summed E-state index contributed by atoms with van der Waals surface area (Å²) in [5.74, 6) is 1.61. The summed E-state index contributed by atoms with van der Waals surface area (Å²) in [4.78, 5) is 17.5. The number of nitrogens with zero attached hydrogens (tertiary/aromatic N) is 2. The molecule has 0 aliphatic carbocycles. The van der Waals surface area contributed by atoms with Crippen LogP contribution in [0.2, 0.25) is 0 Å². The van der Waals surface area contributed by atoms with Crippen LogP contribution in [0.25, 0.3) is 11.3 Å². The summed E-state index contributed by atoms with van der Waals surface area (Å²) in [7, 11) is 0. The van der Waals surface area contributed by atoms with Crippen molar-refractivity contribution >= 4 is 23.4 Å². The summed E-state index contributed by atoms with van der Waals surface area (Å²) in [6, 6.07) is 13.6. The summed E-state index contributed by atoms with van der Waals surface area (Å²) in [6.07, 6.45) is 1.44. The molecule has 1 unspecified atom stereocenters. The molecule has 6 heteroatoms. The van der Waals surface area contributed by atoms with Crippen LogP contribution >= 0.6 is 11.8 Å². The van der Waals surface area contributed by atoms with E-state index in [2.05, 4.69) is 16.1 Å². The van der Waals surface area contributed by atoms with Crippen LogP contribution < -0.4 is 10.1 Å². The van der Waals surface area contributed by atoms with Crippen LogP contribution in [0.3, 0.4) is 0 Å². The highest BCUT2D eigenvalue weighted by molar-refractivity contribution is 7.99. The van der Waals surface area contributed by atoms with Gasteiger partial charge in [0, 0.05) is 24.1 Å². The Morgan fingerprint density at radius 1 is 1.21 bits per heavy atom. The minimum absolute atomic E-state index is 0.186. The number of para-hydroxylation sites is 1. The second-order valence-electron chi connectivity index (χ2n) is 6.94. The van der Waals surface area contributed by atoms with Gasteiger partial charge in [0.2, 0.25) is 0 Å². The molecular formula is C22H23N3O2S. The average molecular weight is 394 g/mol. The number of benzene rings is 2. The molecule has 0 saturated carbocycles. The highest BCUT2D eigenvalue weighted by Gasteiger charge is 2.20. The number of fused-ring (bicyclic) bond motifs is 1. The predicted octanol–water partition coefficient (Wildman–Crippen LogP) is 4.68. The zero-order chi connectivity index (χ0) is 19.7. The van der Waals surface area contributed by atoms with E-state index in [1.54, 1.807) is 18.7 Å². The monoisotopic (exact) mass is 393 g/mol. The van der Waals surface area contributed by atoms with Crippen molar-refractivity contribution in [2.75, 3.05) is 11.1 Å². The van der Waals surface area contributed by atoms with Crippen molar-refractivity contribution in [1.29, 1.82) is 0 Å². The molecule has 1 aliphatic rings. The van der Waals surface area contributed by atoms with E-state index in [0.717, 1.165) is 51.3 Å². The van der Waals surface area contributed by atoms with Gasteiger partial charge < -0.3 is 14.6 Å². The number of nitrogens with one attached hydrogen (secondary N) is 1. The zero-order valence-electron chi connectivity index (χ0n) is 16.2. The van der Waals surface area contributed by atoms with Gasteiger partial charge in [0.15, 0.2) is 11.3 Å². The fourth-order valence-corrected chi connectivity index (χ4v) is 4.13. The Morgan fingerprint density at radius 3 is 2.86 bits per heavy atom. The van der Waals surface area contributed by atoms with Gasteiger partial charge in [-0.2, -0.15) is 0 Å². The molecule has 1 atom stereocenters. The molecule has 0 bridgehead atoms. The third-order valence-electron chi connectivity index (χ3n) is 4.99. The highest BCUT2D eigenvalue weighted by atomic mass is 32.2. The summed E-state index contributed by atoms with van der Waals surface area (Å²) in [5, 5.41) is 4.04. The van der Waals surface area contributed by atoms with Crippen molar-refractivity contribution in [3.05, 3.63) is 59.8 Å². The first kappa shape index (κ1) is 18.6. The maximum absolute atomic E-state index is 12.8. The Balaban J connectivity index is 1.52. The van der Waals surface area contributed by atoms with Crippen molar-refractivity contribution in [2.24, 2.45) is 0 Å². The van der Waals surface area contributed by atoms with Gasteiger partial charge in [-0.25, -0.2) is 4.98 Å². The van der Waals surface area contributed by atoms with Gasteiger partial charge >= 0.3 is 0 Å². The van der Waals surface area contributed by atoms with Crippen molar-refractivity contribution in [3.63, 3.8) is 0 Å². The molecule has 1 aromatic heterocycles. The standard InChI is InChI=1S/C22H23N3O2S/c1-14-7-6-10-20(15(14)2)27-16(3)21(26)23-18-9-5-4-8-17(18)19-13-25-11-12-28-22(25)24-19/h4-10,13,16H,11-12H2,1-3H3,(H,23,26). The van der Waals surface area contributed by atoms with Gasteiger partial charge in [0.05, 0.1) is 11.4 Å². The topological polar surface area (TPSA) is 56.1 Å². The first-order chi connectivity index (χ1) is 13.5. The molecule has 5 nitrogen and oxygen atoms in total. The van der Waals surface area contributed by atoms with Crippen LogP contribution in [-0.2, 0) is 11.3 Å². The molecule has 2 aromatic carbocycles. The SMILES string of the molecule is Cc1cccc(OC(C)C(=O)Nc2ccccc2-c2cn3c(n2)SCC3)c1C. The molecular weight excluding hydrogens is 370 g/mol. The molecule has 4 rings (SSSR count). The smallest absolute Gasteiger partial charge is 0.265 e. The zero-order valence-corrected chi connectivity index (χ0v) is 17.0. The first-order valence-corrected chi connectivity index (χ1v) is 10.3. The van der Waals surface area contributed by atoms with E-state index in [9.17, 15) is 4.79 Å². The molecule has 0 fully saturated rings. The second kappa shape index (κ2) is 7.72. The van der Waals surface area contributed by atoms with Crippen LogP contribution in [0.4, 0.5) is 5.69 Å². The molecule has 2 heterocycles. The van der Waals surface area contributed by atoms with E-state index in [-0.39, 0.29) is 5.91 Å². The quantitative estimate of drug-likeness (QED) is 0.684. The lowest BCUT2D eigenvalue weighted by Gasteiger charge is -2.18. The number of thioether (sulfide) groups is 1. The number of anilines is 1. The molecule has 1 amide bonds. The molecule has 0 radical (unpaired) electrons. The van der Waals surface area contributed by atoms with Gasteiger partial charge in [-0.15, -0.1) is 0 Å². The predicted molar refractivity (Wildman–Crippen MR) is 113 cm³/mol.